The van der Waals surface area contributed by atoms with E-state index >= 15 is 0 Å². The number of carbonyl (C=O) groups excluding carboxylic acids is 2. The van der Waals surface area contributed by atoms with Crippen LogP contribution in [0.1, 0.15) is 43.0 Å². The maximum Gasteiger partial charge on any atom is 0.293 e. The second kappa shape index (κ2) is 10.2. The van der Waals surface area contributed by atoms with Gasteiger partial charge in [-0.25, -0.2) is 0 Å². The number of carbonyl (C=O) groups is 2. The van der Waals surface area contributed by atoms with Crippen molar-refractivity contribution < 1.29 is 14.3 Å². The molecule has 107 valence electrons. The van der Waals surface area contributed by atoms with Gasteiger partial charge in [0.15, 0.2) is 5.78 Å². The molecule has 1 rings (SSSR count). The first-order valence-corrected chi connectivity index (χ1v) is 6.98. The van der Waals surface area contributed by atoms with Crippen LogP contribution in [0, 0.1) is 19.3 Å². The van der Waals surface area contributed by atoms with E-state index in [9.17, 15) is 9.59 Å². The fraction of sp³-hybridized carbons (Fsp3) is 0.353. The van der Waals surface area contributed by atoms with Crippen molar-refractivity contribution in [1.82, 2.24) is 0 Å². The Morgan fingerprint density at radius 3 is 2.65 bits per heavy atom. The number of ether oxygens (including phenoxy) is 1. The lowest BCUT2D eigenvalue weighted by Gasteiger charge is -2.13. The molecule has 0 aliphatic heterocycles. The molecular weight excluding hydrogens is 252 g/mol. The Morgan fingerprint density at radius 2 is 2.00 bits per heavy atom. The lowest BCUT2D eigenvalue weighted by atomic mass is 10.0. The summed E-state index contributed by atoms with van der Waals surface area (Å²) in [5.74, 6) is -0.0553. The molecule has 0 unspecified atom stereocenters. The molecule has 0 heterocycles. The van der Waals surface area contributed by atoms with Crippen LogP contribution in [0.4, 0.5) is 0 Å². The number of benzene rings is 1. The molecule has 0 amide bonds. The summed E-state index contributed by atoms with van der Waals surface area (Å²) in [4.78, 5) is 22.3. The first-order valence-electron chi connectivity index (χ1n) is 6.98. The molecule has 0 fully saturated rings. The zero-order valence-corrected chi connectivity index (χ0v) is 11.8. The summed E-state index contributed by atoms with van der Waals surface area (Å²) >= 11 is 0. The molecule has 0 saturated carbocycles. The van der Waals surface area contributed by atoms with Crippen molar-refractivity contribution in [2.75, 3.05) is 0 Å². The monoisotopic (exact) mass is 273 g/mol. The van der Waals surface area contributed by atoms with E-state index in [1.165, 1.54) is 6.42 Å². The van der Waals surface area contributed by atoms with Gasteiger partial charge in [0, 0.05) is 18.4 Å². The van der Waals surface area contributed by atoms with E-state index in [2.05, 4.69) is 6.92 Å². The Kier molecular flexibility index (Phi) is 8.36. The van der Waals surface area contributed by atoms with Crippen LogP contribution in [-0.4, -0.2) is 18.4 Å². The topological polar surface area (TPSA) is 43.4 Å². The summed E-state index contributed by atoms with van der Waals surface area (Å²) in [6, 6.07) is 9.07. The zero-order valence-electron chi connectivity index (χ0n) is 11.8. The highest BCUT2D eigenvalue weighted by Gasteiger charge is 2.12. The van der Waals surface area contributed by atoms with Crippen LogP contribution in [-0.2, 0) is 9.53 Å². The third-order valence-electron chi connectivity index (χ3n) is 2.95. The molecule has 3 radical (unpaired) electrons. The molecule has 0 aliphatic carbocycles. The summed E-state index contributed by atoms with van der Waals surface area (Å²) in [5.41, 5.74) is 0.649. The minimum absolute atomic E-state index is 0.0553. The fourth-order valence-electron chi connectivity index (χ4n) is 1.84. The highest BCUT2D eigenvalue weighted by molar-refractivity contribution is 6.03. The van der Waals surface area contributed by atoms with Crippen LogP contribution in [0.15, 0.2) is 30.3 Å². The molecule has 0 bridgehead atoms. The molecule has 1 aromatic rings. The lowest BCUT2D eigenvalue weighted by Crippen LogP contribution is -2.14. The quantitative estimate of drug-likeness (QED) is 0.351. The molecule has 1 atom stereocenters. The van der Waals surface area contributed by atoms with Crippen molar-refractivity contribution in [3.05, 3.63) is 55.2 Å². The largest absolute Gasteiger partial charge is 0.464 e. The van der Waals surface area contributed by atoms with E-state index in [-0.39, 0.29) is 11.9 Å². The summed E-state index contributed by atoms with van der Waals surface area (Å²) < 4.78 is 4.98. The van der Waals surface area contributed by atoms with Crippen molar-refractivity contribution in [3.63, 3.8) is 0 Å². The Bertz CT molecular complexity index is 386. The van der Waals surface area contributed by atoms with E-state index in [1.807, 2.05) is 18.2 Å². The van der Waals surface area contributed by atoms with Gasteiger partial charge in [0.25, 0.3) is 6.47 Å². The van der Waals surface area contributed by atoms with E-state index in [4.69, 9.17) is 4.74 Å². The fourth-order valence-corrected chi connectivity index (χ4v) is 1.84. The van der Waals surface area contributed by atoms with Crippen LogP contribution >= 0.6 is 0 Å². The molecule has 0 N–H and O–H groups in total. The Morgan fingerprint density at radius 1 is 1.25 bits per heavy atom. The number of hydrogen-bond donors (Lipinski definition) is 0. The number of hydrogen-bond acceptors (Lipinski definition) is 3. The van der Waals surface area contributed by atoms with Crippen LogP contribution in [0.5, 0.6) is 0 Å². The number of ketones is 1. The first kappa shape index (κ1) is 16.4. The van der Waals surface area contributed by atoms with Crippen molar-refractivity contribution in [2.45, 2.75) is 38.7 Å². The van der Waals surface area contributed by atoms with E-state index in [0.29, 0.717) is 12.0 Å². The molecule has 0 spiro atoms. The number of Topliss-reactive ketones (excluding diaryl/α,β-unsaturated/α-hetero) is 1. The first-order chi connectivity index (χ1) is 9.77. The van der Waals surface area contributed by atoms with Gasteiger partial charge in [-0.2, -0.15) is 0 Å². The van der Waals surface area contributed by atoms with Crippen molar-refractivity contribution in [2.24, 2.45) is 0 Å². The normalized spacial score (nSPS) is 11.8. The minimum atomic E-state index is -0.251. The van der Waals surface area contributed by atoms with Gasteiger partial charge in [0.1, 0.15) is 6.10 Å². The molecule has 0 saturated heterocycles. The van der Waals surface area contributed by atoms with Gasteiger partial charge in [-0.15, -0.1) is 0 Å². The average Bonchev–Trinajstić information content (AvgIpc) is 2.48. The Balaban J connectivity index is 2.29. The second-order valence-electron chi connectivity index (χ2n) is 4.55. The summed E-state index contributed by atoms with van der Waals surface area (Å²) in [6.07, 6.45) is 8.69. The second-order valence-corrected chi connectivity index (χ2v) is 4.55. The van der Waals surface area contributed by atoms with Gasteiger partial charge < -0.3 is 4.74 Å². The van der Waals surface area contributed by atoms with Gasteiger partial charge >= 0.3 is 0 Å². The van der Waals surface area contributed by atoms with E-state index in [0.717, 1.165) is 25.7 Å². The summed E-state index contributed by atoms with van der Waals surface area (Å²) in [5, 5.41) is 0. The lowest BCUT2D eigenvalue weighted by molar-refractivity contribution is -0.132. The molecule has 3 nitrogen and oxygen atoms in total. The predicted molar refractivity (Wildman–Crippen MR) is 78.8 cm³/mol. The Labute approximate surface area is 121 Å². The van der Waals surface area contributed by atoms with E-state index < -0.39 is 0 Å². The minimum Gasteiger partial charge on any atom is -0.464 e. The van der Waals surface area contributed by atoms with Gasteiger partial charge in [-0.05, 0) is 19.3 Å². The standard InChI is InChI=1S/C17H21O3/c1-2-3-5-11-16(20-14-18)12-8-13-17(19)15-9-6-4-7-10-15/h4,6-10,12-14,16H,2-3,5,11H2,1H3/t16-/m1/s1. The molecule has 3 heteroatoms. The highest BCUT2D eigenvalue weighted by Crippen LogP contribution is 2.12. The van der Waals surface area contributed by atoms with Gasteiger partial charge in [0.2, 0.25) is 0 Å². The molecular formula is C17H21O3. The van der Waals surface area contributed by atoms with Gasteiger partial charge in [-0.1, -0.05) is 50.1 Å². The maximum absolute atomic E-state index is 11.8. The maximum atomic E-state index is 11.8. The van der Waals surface area contributed by atoms with Crippen molar-refractivity contribution in [3.8, 4) is 0 Å². The van der Waals surface area contributed by atoms with E-state index in [1.54, 1.807) is 25.0 Å². The molecule has 0 aliphatic rings. The summed E-state index contributed by atoms with van der Waals surface area (Å²) in [6.45, 7) is 2.58. The van der Waals surface area contributed by atoms with Crippen LogP contribution in [0.25, 0.3) is 0 Å². The highest BCUT2D eigenvalue weighted by atomic mass is 16.5. The predicted octanol–water partition coefficient (Wildman–Crippen LogP) is 3.60. The van der Waals surface area contributed by atoms with Crippen molar-refractivity contribution >= 4 is 12.3 Å². The van der Waals surface area contributed by atoms with Crippen molar-refractivity contribution in [1.29, 1.82) is 0 Å². The van der Waals surface area contributed by atoms with Gasteiger partial charge in [-0.3, -0.25) is 9.59 Å². The smallest absolute Gasteiger partial charge is 0.293 e. The van der Waals surface area contributed by atoms with Crippen LogP contribution in [0.2, 0.25) is 0 Å². The van der Waals surface area contributed by atoms with Crippen LogP contribution in [0.3, 0.4) is 0 Å². The SMILES string of the molecule is CCCCC[C@H]([CH][CH][CH]C(=O)c1ccccc1)OC=O. The number of unbranched alkanes of at least 4 members (excludes halogenated alkanes) is 2. The Hall–Kier alpha value is -1.64. The van der Waals surface area contributed by atoms with Gasteiger partial charge in [0.05, 0.1) is 0 Å². The molecule has 1 aromatic carbocycles. The number of rotatable bonds is 11. The molecule has 0 aromatic heterocycles. The van der Waals surface area contributed by atoms with Crippen LogP contribution < -0.4 is 0 Å². The molecule has 20 heavy (non-hydrogen) atoms. The summed E-state index contributed by atoms with van der Waals surface area (Å²) in [7, 11) is 0. The third kappa shape index (κ3) is 6.50. The third-order valence-corrected chi connectivity index (χ3v) is 2.95. The zero-order chi connectivity index (χ0) is 14.6. The average molecular weight is 273 g/mol.